The maximum Gasteiger partial charge on any atom is 0.142 e. The van der Waals surface area contributed by atoms with E-state index in [0.29, 0.717) is 25.4 Å². The molecule has 1 atom stereocenters. The van der Waals surface area contributed by atoms with E-state index in [-0.39, 0.29) is 5.92 Å². The van der Waals surface area contributed by atoms with E-state index in [2.05, 4.69) is 18.2 Å². The Morgan fingerprint density at radius 2 is 2.24 bits per heavy atom. The van der Waals surface area contributed by atoms with Crippen molar-refractivity contribution in [1.29, 1.82) is 0 Å². The van der Waals surface area contributed by atoms with Crippen molar-refractivity contribution >= 4 is 5.78 Å². The highest BCUT2D eigenvalue weighted by Gasteiger charge is 2.25. The highest BCUT2D eigenvalue weighted by molar-refractivity contribution is 5.86. The maximum atomic E-state index is 12.2. The van der Waals surface area contributed by atoms with Gasteiger partial charge in [-0.1, -0.05) is 24.3 Å². The van der Waals surface area contributed by atoms with Crippen LogP contribution in [0.15, 0.2) is 24.3 Å². The number of rotatable bonds is 5. The maximum absolute atomic E-state index is 12.2. The Bertz CT molecular complexity index is 384. The largest absolute Gasteiger partial charge is 0.381 e. The molecule has 0 amide bonds. The molecule has 17 heavy (non-hydrogen) atoms. The van der Waals surface area contributed by atoms with Crippen molar-refractivity contribution in [1.82, 2.24) is 0 Å². The SMILES string of the molecule is CCOCCC(=O)C1CCCc2ccccc21. The summed E-state index contributed by atoms with van der Waals surface area (Å²) in [5.74, 6) is 0.450. The second-order valence-electron chi connectivity index (χ2n) is 4.56. The molecule has 0 bridgehead atoms. The molecule has 0 fully saturated rings. The van der Waals surface area contributed by atoms with Gasteiger partial charge in [-0.2, -0.15) is 0 Å². The summed E-state index contributed by atoms with van der Waals surface area (Å²) < 4.78 is 5.26. The van der Waals surface area contributed by atoms with Gasteiger partial charge in [-0.3, -0.25) is 4.79 Å². The lowest BCUT2D eigenvalue weighted by atomic mass is 9.80. The Morgan fingerprint density at radius 3 is 3.06 bits per heavy atom. The smallest absolute Gasteiger partial charge is 0.142 e. The van der Waals surface area contributed by atoms with Crippen LogP contribution in [-0.4, -0.2) is 19.0 Å². The third kappa shape index (κ3) is 2.95. The number of ketones is 1. The molecule has 0 heterocycles. The second-order valence-corrected chi connectivity index (χ2v) is 4.56. The number of fused-ring (bicyclic) bond motifs is 1. The van der Waals surface area contributed by atoms with Gasteiger partial charge in [0.25, 0.3) is 0 Å². The summed E-state index contributed by atoms with van der Waals surface area (Å²) in [6.07, 6.45) is 3.79. The van der Waals surface area contributed by atoms with Gasteiger partial charge >= 0.3 is 0 Å². The summed E-state index contributed by atoms with van der Waals surface area (Å²) in [4.78, 5) is 12.2. The number of Topliss-reactive ketones (excluding diaryl/α,β-unsaturated/α-hetero) is 1. The lowest BCUT2D eigenvalue weighted by molar-refractivity contribution is -0.121. The van der Waals surface area contributed by atoms with Crippen molar-refractivity contribution in [3.63, 3.8) is 0 Å². The average molecular weight is 232 g/mol. The minimum absolute atomic E-state index is 0.111. The molecule has 1 aromatic rings. The molecule has 92 valence electrons. The van der Waals surface area contributed by atoms with E-state index in [1.54, 1.807) is 0 Å². The number of carbonyl (C=O) groups excluding carboxylic acids is 1. The van der Waals surface area contributed by atoms with Crippen molar-refractivity contribution in [2.75, 3.05) is 13.2 Å². The van der Waals surface area contributed by atoms with Gasteiger partial charge in [0.1, 0.15) is 5.78 Å². The Labute approximate surface area is 103 Å². The number of ether oxygens (including phenoxy) is 1. The molecular formula is C15H20O2. The molecule has 0 saturated heterocycles. The first kappa shape index (κ1) is 12.3. The molecule has 1 aliphatic rings. The van der Waals surface area contributed by atoms with Crippen LogP contribution >= 0.6 is 0 Å². The minimum atomic E-state index is 0.111. The molecular weight excluding hydrogens is 212 g/mol. The van der Waals surface area contributed by atoms with Crippen LogP contribution in [0, 0.1) is 0 Å². The fourth-order valence-electron chi connectivity index (χ4n) is 2.58. The van der Waals surface area contributed by atoms with Crippen LogP contribution in [0.4, 0.5) is 0 Å². The third-order valence-corrected chi connectivity index (χ3v) is 3.46. The Kier molecular flexibility index (Phi) is 4.32. The van der Waals surface area contributed by atoms with Crippen molar-refractivity contribution in [2.45, 2.75) is 38.5 Å². The van der Waals surface area contributed by atoms with Gasteiger partial charge < -0.3 is 4.74 Å². The third-order valence-electron chi connectivity index (χ3n) is 3.46. The zero-order valence-corrected chi connectivity index (χ0v) is 10.4. The summed E-state index contributed by atoms with van der Waals surface area (Å²) in [5.41, 5.74) is 2.61. The quantitative estimate of drug-likeness (QED) is 0.729. The molecule has 2 heteroatoms. The fourth-order valence-corrected chi connectivity index (χ4v) is 2.58. The molecule has 0 radical (unpaired) electrons. The van der Waals surface area contributed by atoms with Gasteiger partial charge in [0.15, 0.2) is 0 Å². The summed E-state index contributed by atoms with van der Waals surface area (Å²) >= 11 is 0. The first-order valence-electron chi connectivity index (χ1n) is 6.51. The van der Waals surface area contributed by atoms with Crippen LogP contribution in [0.3, 0.4) is 0 Å². The number of carbonyl (C=O) groups is 1. The lowest BCUT2D eigenvalue weighted by Crippen LogP contribution is -2.19. The highest BCUT2D eigenvalue weighted by atomic mass is 16.5. The van der Waals surface area contributed by atoms with Crippen LogP contribution in [0.1, 0.15) is 43.2 Å². The predicted molar refractivity (Wildman–Crippen MR) is 68.2 cm³/mol. The van der Waals surface area contributed by atoms with E-state index >= 15 is 0 Å². The van der Waals surface area contributed by atoms with E-state index in [1.165, 1.54) is 11.1 Å². The summed E-state index contributed by atoms with van der Waals surface area (Å²) in [5, 5.41) is 0. The molecule has 1 aliphatic carbocycles. The van der Waals surface area contributed by atoms with Crippen molar-refractivity contribution in [2.24, 2.45) is 0 Å². The molecule has 0 spiro atoms. The normalized spacial score (nSPS) is 18.8. The molecule has 0 aliphatic heterocycles. The summed E-state index contributed by atoms with van der Waals surface area (Å²) in [6, 6.07) is 8.36. The lowest BCUT2D eigenvalue weighted by Gasteiger charge is -2.24. The summed E-state index contributed by atoms with van der Waals surface area (Å²) in [6.45, 7) is 3.21. The number of hydrogen-bond acceptors (Lipinski definition) is 2. The number of benzene rings is 1. The number of hydrogen-bond donors (Lipinski definition) is 0. The first-order chi connectivity index (χ1) is 8.33. The second kappa shape index (κ2) is 5.97. The number of aryl methyl sites for hydroxylation is 1. The molecule has 1 unspecified atom stereocenters. The Hall–Kier alpha value is -1.15. The Morgan fingerprint density at radius 1 is 1.41 bits per heavy atom. The van der Waals surface area contributed by atoms with E-state index < -0.39 is 0 Å². The average Bonchev–Trinajstić information content (AvgIpc) is 2.38. The van der Waals surface area contributed by atoms with E-state index in [4.69, 9.17) is 4.74 Å². The molecule has 2 rings (SSSR count). The zero-order chi connectivity index (χ0) is 12.1. The monoisotopic (exact) mass is 232 g/mol. The topological polar surface area (TPSA) is 26.3 Å². The van der Waals surface area contributed by atoms with E-state index in [1.807, 2.05) is 13.0 Å². The molecule has 0 N–H and O–H groups in total. The zero-order valence-electron chi connectivity index (χ0n) is 10.4. The van der Waals surface area contributed by atoms with Crippen molar-refractivity contribution in [3.05, 3.63) is 35.4 Å². The van der Waals surface area contributed by atoms with Crippen molar-refractivity contribution in [3.8, 4) is 0 Å². The first-order valence-corrected chi connectivity index (χ1v) is 6.51. The van der Waals surface area contributed by atoms with Gasteiger partial charge in [0.2, 0.25) is 0 Å². The van der Waals surface area contributed by atoms with Crippen LogP contribution in [0.25, 0.3) is 0 Å². The predicted octanol–water partition coefficient (Wildman–Crippen LogP) is 3.10. The van der Waals surface area contributed by atoms with E-state index in [9.17, 15) is 4.79 Å². The van der Waals surface area contributed by atoms with Crippen LogP contribution < -0.4 is 0 Å². The summed E-state index contributed by atoms with van der Waals surface area (Å²) in [7, 11) is 0. The molecule has 2 nitrogen and oxygen atoms in total. The van der Waals surface area contributed by atoms with Gasteiger partial charge in [0, 0.05) is 18.9 Å². The van der Waals surface area contributed by atoms with Crippen molar-refractivity contribution < 1.29 is 9.53 Å². The van der Waals surface area contributed by atoms with Gasteiger partial charge in [-0.15, -0.1) is 0 Å². The molecule has 1 aromatic carbocycles. The molecule has 0 saturated carbocycles. The molecule has 0 aromatic heterocycles. The fraction of sp³-hybridized carbons (Fsp3) is 0.533. The van der Waals surface area contributed by atoms with Gasteiger partial charge in [0.05, 0.1) is 6.61 Å². The van der Waals surface area contributed by atoms with Gasteiger partial charge in [-0.05, 0) is 37.3 Å². The highest BCUT2D eigenvalue weighted by Crippen LogP contribution is 2.32. The Balaban J connectivity index is 2.05. The van der Waals surface area contributed by atoms with Crippen LogP contribution in [0.2, 0.25) is 0 Å². The minimum Gasteiger partial charge on any atom is -0.381 e. The standard InChI is InChI=1S/C15H20O2/c1-2-17-11-10-15(16)14-9-5-7-12-6-3-4-8-13(12)14/h3-4,6,8,14H,2,5,7,9-11H2,1H3. The van der Waals surface area contributed by atoms with Gasteiger partial charge in [-0.25, -0.2) is 0 Å². The van der Waals surface area contributed by atoms with E-state index in [0.717, 1.165) is 19.3 Å². The van der Waals surface area contributed by atoms with Crippen LogP contribution in [0.5, 0.6) is 0 Å². The van der Waals surface area contributed by atoms with Crippen LogP contribution in [-0.2, 0) is 16.0 Å².